The van der Waals surface area contributed by atoms with Gasteiger partial charge in [-0.3, -0.25) is 4.79 Å². The van der Waals surface area contributed by atoms with Crippen molar-refractivity contribution < 1.29 is 4.79 Å². The van der Waals surface area contributed by atoms with Gasteiger partial charge >= 0.3 is 0 Å². The van der Waals surface area contributed by atoms with Crippen LogP contribution in [0.25, 0.3) is 5.69 Å². The lowest BCUT2D eigenvalue weighted by Gasteiger charge is -2.08. The van der Waals surface area contributed by atoms with Crippen molar-refractivity contribution in [3.63, 3.8) is 0 Å². The molecule has 5 nitrogen and oxygen atoms in total. The summed E-state index contributed by atoms with van der Waals surface area (Å²) >= 11 is 0. The molecule has 0 atom stereocenters. The summed E-state index contributed by atoms with van der Waals surface area (Å²) in [6.07, 6.45) is 3.15. The van der Waals surface area contributed by atoms with E-state index >= 15 is 0 Å². The van der Waals surface area contributed by atoms with Crippen molar-refractivity contribution in [1.29, 1.82) is 0 Å². The number of hydrogen-bond donors (Lipinski definition) is 1. The number of hydrogen-bond acceptors (Lipinski definition) is 3. The SMILES string of the molecule is Cc1cc(C)cc(C(=O)NCc2ccc(-n3cncn3)cc2)c1. The van der Waals surface area contributed by atoms with Gasteiger partial charge in [0.2, 0.25) is 0 Å². The molecule has 0 aliphatic heterocycles. The lowest BCUT2D eigenvalue weighted by molar-refractivity contribution is 0.0950. The molecule has 0 radical (unpaired) electrons. The largest absolute Gasteiger partial charge is 0.348 e. The van der Waals surface area contributed by atoms with Gasteiger partial charge in [0, 0.05) is 12.1 Å². The average Bonchev–Trinajstić information content (AvgIpc) is 3.06. The van der Waals surface area contributed by atoms with Crippen LogP contribution in [0.4, 0.5) is 0 Å². The van der Waals surface area contributed by atoms with E-state index in [1.165, 1.54) is 6.33 Å². The molecule has 23 heavy (non-hydrogen) atoms. The molecular weight excluding hydrogens is 288 g/mol. The Morgan fingerprint density at radius 1 is 1.09 bits per heavy atom. The Bertz CT molecular complexity index is 787. The second-order valence-electron chi connectivity index (χ2n) is 5.57. The molecule has 0 spiro atoms. The van der Waals surface area contributed by atoms with E-state index in [-0.39, 0.29) is 5.91 Å². The highest BCUT2D eigenvalue weighted by molar-refractivity contribution is 5.94. The van der Waals surface area contributed by atoms with E-state index in [0.29, 0.717) is 12.1 Å². The summed E-state index contributed by atoms with van der Waals surface area (Å²) in [6, 6.07) is 13.7. The molecule has 0 unspecified atom stereocenters. The smallest absolute Gasteiger partial charge is 0.251 e. The monoisotopic (exact) mass is 306 g/mol. The Balaban J connectivity index is 1.65. The molecule has 3 rings (SSSR count). The minimum absolute atomic E-state index is 0.0582. The molecule has 116 valence electrons. The highest BCUT2D eigenvalue weighted by atomic mass is 16.1. The van der Waals surface area contributed by atoms with Gasteiger partial charge in [-0.1, -0.05) is 29.3 Å². The summed E-state index contributed by atoms with van der Waals surface area (Å²) in [6.45, 7) is 4.47. The Morgan fingerprint density at radius 2 is 1.78 bits per heavy atom. The van der Waals surface area contributed by atoms with Crippen molar-refractivity contribution in [3.05, 3.63) is 77.4 Å². The standard InChI is InChI=1S/C18H18N4O/c1-13-7-14(2)9-16(8-13)18(23)20-10-15-3-5-17(6-4-15)22-12-19-11-21-22/h3-9,11-12H,10H2,1-2H3,(H,20,23). The fourth-order valence-corrected chi connectivity index (χ4v) is 2.50. The summed E-state index contributed by atoms with van der Waals surface area (Å²) in [5, 5.41) is 7.03. The van der Waals surface area contributed by atoms with Crippen LogP contribution in [0.5, 0.6) is 0 Å². The first kappa shape index (κ1) is 15.0. The van der Waals surface area contributed by atoms with Gasteiger partial charge in [0.25, 0.3) is 5.91 Å². The summed E-state index contributed by atoms with van der Waals surface area (Å²) in [5.41, 5.74) is 4.85. The van der Waals surface area contributed by atoms with Gasteiger partial charge < -0.3 is 5.32 Å². The highest BCUT2D eigenvalue weighted by Gasteiger charge is 2.06. The van der Waals surface area contributed by atoms with Crippen molar-refractivity contribution >= 4 is 5.91 Å². The van der Waals surface area contributed by atoms with E-state index in [4.69, 9.17) is 0 Å². The van der Waals surface area contributed by atoms with E-state index in [0.717, 1.165) is 22.4 Å². The zero-order valence-electron chi connectivity index (χ0n) is 13.2. The Labute approximate surface area is 135 Å². The molecule has 3 aromatic rings. The van der Waals surface area contributed by atoms with Gasteiger partial charge in [-0.05, 0) is 43.7 Å². The van der Waals surface area contributed by atoms with E-state index in [9.17, 15) is 4.79 Å². The number of amides is 1. The summed E-state index contributed by atoms with van der Waals surface area (Å²) < 4.78 is 1.69. The van der Waals surface area contributed by atoms with Crippen molar-refractivity contribution in [2.24, 2.45) is 0 Å². The molecule has 0 fully saturated rings. The number of aromatic nitrogens is 3. The predicted molar refractivity (Wildman–Crippen MR) is 88.4 cm³/mol. The van der Waals surface area contributed by atoms with Crippen LogP contribution in [-0.2, 0) is 6.54 Å². The van der Waals surface area contributed by atoms with Crippen LogP contribution in [0, 0.1) is 13.8 Å². The molecule has 0 bridgehead atoms. The van der Waals surface area contributed by atoms with E-state index in [2.05, 4.69) is 21.5 Å². The van der Waals surface area contributed by atoms with Crippen LogP contribution in [-0.4, -0.2) is 20.7 Å². The van der Waals surface area contributed by atoms with Crippen LogP contribution < -0.4 is 5.32 Å². The lowest BCUT2D eigenvalue weighted by Crippen LogP contribution is -2.23. The minimum Gasteiger partial charge on any atom is -0.348 e. The van der Waals surface area contributed by atoms with Crippen molar-refractivity contribution in [2.45, 2.75) is 20.4 Å². The number of nitrogens with zero attached hydrogens (tertiary/aromatic N) is 3. The summed E-state index contributed by atoms with van der Waals surface area (Å²) in [4.78, 5) is 16.2. The Kier molecular flexibility index (Phi) is 4.19. The van der Waals surface area contributed by atoms with E-state index < -0.39 is 0 Å². The van der Waals surface area contributed by atoms with Crippen LogP contribution in [0.15, 0.2) is 55.1 Å². The molecule has 0 saturated heterocycles. The lowest BCUT2D eigenvalue weighted by atomic mass is 10.1. The van der Waals surface area contributed by atoms with Gasteiger partial charge in [-0.25, -0.2) is 9.67 Å². The average molecular weight is 306 g/mol. The molecule has 1 aromatic heterocycles. The normalized spacial score (nSPS) is 10.5. The molecule has 0 aliphatic carbocycles. The minimum atomic E-state index is -0.0582. The molecule has 5 heteroatoms. The van der Waals surface area contributed by atoms with Gasteiger partial charge in [0.1, 0.15) is 12.7 Å². The molecule has 0 aliphatic rings. The maximum atomic E-state index is 12.2. The Hall–Kier alpha value is -2.95. The first-order chi connectivity index (χ1) is 11.1. The Morgan fingerprint density at radius 3 is 2.39 bits per heavy atom. The first-order valence-electron chi connectivity index (χ1n) is 7.42. The van der Waals surface area contributed by atoms with E-state index in [1.807, 2.05) is 50.2 Å². The van der Waals surface area contributed by atoms with Crippen molar-refractivity contribution in [2.75, 3.05) is 0 Å². The molecule has 1 amide bonds. The number of benzene rings is 2. The summed E-state index contributed by atoms with van der Waals surface area (Å²) in [7, 11) is 0. The number of aryl methyl sites for hydroxylation is 2. The predicted octanol–water partition coefficient (Wildman–Crippen LogP) is 2.81. The van der Waals surface area contributed by atoms with Crippen LogP contribution in [0.1, 0.15) is 27.0 Å². The second-order valence-corrected chi connectivity index (χ2v) is 5.57. The third-order valence-electron chi connectivity index (χ3n) is 3.56. The van der Waals surface area contributed by atoms with Crippen molar-refractivity contribution in [1.82, 2.24) is 20.1 Å². The maximum Gasteiger partial charge on any atom is 0.251 e. The number of carbonyl (C=O) groups is 1. The van der Waals surface area contributed by atoms with Crippen LogP contribution in [0.3, 0.4) is 0 Å². The third kappa shape index (κ3) is 3.63. The van der Waals surface area contributed by atoms with Gasteiger partial charge in [0.15, 0.2) is 0 Å². The van der Waals surface area contributed by atoms with Crippen molar-refractivity contribution in [3.8, 4) is 5.69 Å². The zero-order chi connectivity index (χ0) is 16.2. The first-order valence-corrected chi connectivity index (χ1v) is 7.42. The van der Waals surface area contributed by atoms with Crippen LogP contribution in [0.2, 0.25) is 0 Å². The fraction of sp³-hybridized carbons (Fsp3) is 0.167. The molecule has 2 aromatic carbocycles. The quantitative estimate of drug-likeness (QED) is 0.806. The van der Waals surface area contributed by atoms with E-state index in [1.54, 1.807) is 11.0 Å². The third-order valence-corrected chi connectivity index (χ3v) is 3.56. The van der Waals surface area contributed by atoms with Gasteiger partial charge in [-0.15, -0.1) is 0 Å². The molecule has 1 heterocycles. The summed E-state index contributed by atoms with van der Waals surface area (Å²) in [5.74, 6) is -0.0582. The van der Waals surface area contributed by atoms with Gasteiger partial charge in [-0.2, -0.15) is 5.10 Å². The topological polar surface area (TPSA) is 59.8 Å². The zero-order valence-corrected chi connectivity index (χ0v) is 13.2. The fourth-order valence-electron chi connectivity index (χ4n) is 2.50. The number of rotatable bonds is 4. The van der Waals surface area contributed by atoms with Gasteiger partial charge in [0.05, 0.1) is 5.69 Å². The molecule has 1 N–H and O–H groups in total. The molecule has 0 saturated carbocycles. The number of carbonyl (C=O) groups excluding carboxylic acids is 1. The maximum absolute atomic E-state index is 12.2. The second kappa shape index (κ2) is 6.44. The highest BCUT2D eigenvalue weighted by Crippen LogP contribution is 2.10. The number of nitrogens with one attached hydrogen (secondary N) is 1. The van der Waals surface area contributed by atoms with Crippen LogP contribution >= 0.6 is 0 Å². The molecular formula is C18H18N4O.